The van der Waals surface area contributed by atoms with Crippen LogP contribution in [0.1, 0.15) is 55.0 Å². The van der Waals surface area contributed by atoms with E-state index in [1.165, 1.54) is 0 Å². The van der Waals surface area contributed by atoms with Gasteiger partial charge in [-0.3, -0.25) is 4.79 Å². The quantitative estimate of drug-likeness (QED) is 0.773. The molecule has 166 valence electrons. The van der Waals surface area contributed by atoms with E-state index >= 15 is 0 Å². The van der Waals surface area contributed by atoms with Gasteiger partial charge in [0.25, 0.3) is 0 Å². The van der Waals surface area contributed by atoms with Crippen LogP contribution in [0, 0.1) is 12.8 Å². The van der Waals surface area contributed by atoms with Crippen LogP contribution >= 0.6 is 0 Å². The molecule has 2 aromatic carbocycles. The average Bonchev–Trinajstić information content (AvgIpc) is 3.18. The molecule has 0 spiro atoms. The average molecular weight is 423 g/mol. The molecule has 1 saturated heterocycles. The van der Waals surface area contributed by atoms with Crippen molar-refractivity contribution in [1.82, 2.24) is 4.90 Å². The number of hydrogen-bond donors (Lipinski definition) is 2. The molecule has 2 N–H and O–H groups in total. The molecular weight excluding hydrogens is 388 g/mol. The Labute approximate surface area is 185 Å². The Morgan fingerprint density at radius 1 is 1.10 bits per heavy atom. The summed E-state index contributed by atoms with van der Waals surface area (Å²) in [4.78, 5) is 16.5. The first kappa shape index (κ1) is 22.0. The number of piperidine rings is 1. The number of hydrogen-bond acceptors (Lipinski definition) is 4. The third-order valence-electron chi connectivity index (χ3n) is 6.81. The lowest BCUT2D eigenvalue weighted by atomic mass is 9.84. The molecular formula is C26H34N2O3. The van der Waals surface area contributed by atoms with Crippen molar-refractivity contribution in [2.45, 2.75) is 51.7 Å². The van der Waals surface area contributed by atoms with E-state index in [-0.39, 0.29) is 11.8 Å². The summed E-state index contributed by atoms with van der Waals surface area (Å²) in [6, 6.07) is 14.1. The van der Waals surface area contributed by atoms with Crippen molar-refractivity contribution in [3.8, 4) is 0 Å². The van der Waals surface area contributed by atoms with E-state index < -0.39 is 11.7 Å². The maximum absolute atomic E-state index is 12.4. The van der Waals surface area contributed by atoms with Gasteiger partial charge in [0, 0.05) is 37.8 Å². The van der Waals surface area contributed by atoms with Gasteiger partial charge in [0.15, 0.2) is 0 Å². The zero-order valence-electron chi connectivity index (χ0n) is 18.8. The van der Waals surface area contributed by atoms with Crippen LogP contribution in [0.15, 0.2) is 42.5 Å². The van der Waals surface area contributed by atoms with Gasteiger partial charge in [-0.1, -0.05) is 55.8 Å². The van der Waals surface area contributed by atoms with E-state index in [4.69, 9.17) is 0 Å². The third-order valence-corrected chi connectivity index (χ3v) is 6.81. The van der Waals surface area contributed by atoms with Gasteiger partial charge in [0.1, 0.15) is 0 Å². The fourth-order valence-electron chi connectivity index (χ4n) is 4.85. The number of aliphatic hydroxyl groups excluding tert-OH is 1. The van der Waals surface area contributed by atoms with E-state index in [0.717, 1.165) is 54.0 Å². The molecule has 2 aromatic rings. The fraction of sp³-hybridized carbons (Fsp3) is 0.500. The molecule has 2 heterocycles. The van der Waals surface area contributed by atoms with Gasteiger partial charge in [-0.25, -0.2) is 0 Å². The second kappa shape index (κ2) is 8.73. The van der Waals surface area contributed by atoms with Crippen LogP contribution in [0.4, 0.5) is 5.69 Å². The summed E-state index contributed by atoms with van der Waals surface area (Å²) >= 11 is 0. The number of β-amino-alcohol motifs (C(OH)–C–C–N with tert-alkyl or cyclic N) is 1. The summed E-state index contributed by atoms with van der Waals surface area (Å²) in [5.41, 5.74) is 4.39. The standard InChI is InChI=1S/C26H34N2O3/c1-18(2)25(30)28-12-9-20-16-21(7-8-23(20)28)24(29)17-27-13-10-26(31,11-14-27)22-6-4-5-19(3)15-22/h4-8,15-16,18,24,29,31H,9-14,17H2,1-3H3. The highest BCUT2D eigenvalue weighted by atomic mass is 16.3. The predicted octanol–water partition coefficient (Wildman–Crippen LogP) is 3.56. The van der Waals surface area contributed by atoms with Gasteiger partial charge in [-0.15, -0.1) is 0 Å². The number of carbonyl (C=O) groups excluding carboxylic acids is 1. The molecule has 0 aliphatic carbocycles. The van der Waals surface area contributed by atoms with E-state index in [1.54, 1.807) is 0 Å². The second-order valence-corrected chi connectivity index (χ2v) is 9.50. The van der Waals surface area contributed by atoms with Gasteiger partial charge < -0.3 is 20.0 Å². The lowest BCUT2D eigenvalue weighted by molar-refractivity contribution is -0.121. The number of rotatable bonds is 5. The van der Waals surface area contributed by atoms with E-state index in [9.17, 15) is 15.0 Å². The zero-order valence-corrected chi connectivity index (χ0v) is 18.8. The number of nitrogens with zero attached hydrogens (tertiary/aromatic N) is 2. The first-order chi connectivity index (χ1) is 14.8. The van der Waals surface area contributed by atoms with Crippen molar-refractivity contribution in [1.29, 1.82) is 0 Å². The van der Waals surface area contributed by atoms with E-state index in [1.807, 2.05) is 56.0 Å². The Hall–Kier alpha value is -2.21. The number of fused-ring (bicyclic) bond motifs is 1. The topological polar surface area (TPSA) is 64.0 Å². The highest BCUT2D eigenvalue weighted by Crippen LogP contribution is 2.35. The van der Waals surface area contributed by atoms with Crippen molar-refractivity contribution in [2.75, 3.05) is 31.1 Å². The van der Waals surface area contributed by atoms with Crippen molar-refractivity contribution < 1.29 is 15.0 Å². The van der Waals surface area contributed by atoms with Crippen molar-refractivity contribution in [3.63, 3.8) is 0 Å². The number of benzene rings is 2. The lowest BCUT2D eigenvalue weighted by Gasteiger charge is -2.39. The number of aliphatic hydroxyl groups is 2. The lowest BCUT2D eigenvalue weighted by Crippen LogP contribution is -2.44. The Kier molecular flexibility index (Phi) is 6.20. The molecule has 31 heavy (non-hydrogen) atoms. The molecule has 1 unspecified atom stereocenters. The van der Waals surface area contributed by atoms with Crippen molar-refractivity contribution >= 4 is 11.6 Å². The summed E-state index contributed by atoms with van der Waals surface area (Å²) in [5.74, 6) is 0.134. The monoisotopic (exact) mass is 422 g/mol. The Morgan fingerprint density at radius 3 is 2.52 bits per heavy atom. The predicted molar refractivity (Wildman–Crippen MR) is 123 cm³/mol. The van der Waals surface area contributed by atoms with Gasteiger partial charge in [-0.05, 0) is 48.9 Å². The second-order valence-electron chi connectivity index (χ2n) is 9.50. The van der Waals surface area contributed by atoms with Crippen molar-refractivity contribution in [2.24, 2.45) is 5.92 Å². The molecule has 2 aliphatic heterocycles. The molecule has 0 radical (unpaired) electrons. The molecule has 1 amide bonds. The van der Waals surface area contributed by atoms with Crippen LogP contribution < -0.4 is 4.90 Å². The van der Waals surface area contributed by atoms with Gasteiger partial charge in [0.05, 0.1) is 11.7 Å². The number of anilines is 1. The molecule has 0 aromatic heterocycles. The maximum Gasteiger partial charge on any atom is 0.229 e. The smallest absolute Gasteiger partial charge is 0.229 e. The molecule has 0 bridgehead atoms. The Morgan fingerprint density at radius 2 is 1.84 bits per heavy atom. The summed E-state index contributed by atoms with van der Waals surface area (Å²) in [6.45, 7) is 8.68. The van der Waals surface area contributed by atoms with Crippen LogP contribution in [-0.2, 0) is 16.8 Å². The number of likely N-dealkylation sites (tertiary alicyclic amines) is 1. The number of carbonyl (C=O) groups is 1. The minimum atomic E-state index is -0.784. The van der Waals surface area contributed by atoms with Crippen LogP contribution in [0.5, 0.6) is 0 Å². The molecule has 5 heteroatoms. The van der Waals surface area contributed by atoms with Crippen LogP contribution in [0.25, 0.3) is 0 Å². The molecule has 5 nitrogen and oxygen atoms in total. The third kappa shape index (κ3) is 4.54. The maximum atomic E-state index is 12.4. The summed E-state index contributed by atoms with van der Waals surface area (Å²) in [5, 5.41) is 22.0. The fourth-order valence-corrected chi connectivity index (χ4v) is 4.85. The Bertz CT molecular complexity index is 947. The molecule has 1 atom stereocenters. The van der Waals surface area contributed by atoms with Crippen LogP contribution in [0.3, 0.4) is 0 Å². The van der Waals surface area contributed by atoms with E-state index in [2.05, 4.69) is 17.0 Å². The summed E-state index contributed by atoms with van der Waals surface area (Å²) < 4.78 is 0. The van der Waals surface area contributed by atoms with Crippen molar-refractivity contribution in [3.05, 3.63) is 64.7 Å². The number of aryl methyl sites for hydroxylation is 1. The highest BCUT2D eigenvalue weighted by molar-refractivity contribution is 5.96. The zero-order chi connectivity index (χ0) is 22.2. The van der Waals surface area contributed by atoms with Crippen LogP contribution in [0.2, 0.25) is 0 Å². The minimum Gasteiger partial charge on any atom is -0.387 e. The molecule has 0 saturated carbocycles. The van der Waals surface area contributed by atoms with Gasteiger partial charge in [0.2, 0.25) is 5.91 Å². The van der Waals surface area contributed by atoms with Crippen LogP contribution in [-0.4, -0.2) is 47.2 Å². The normalized spacial score (nSPS) is 19.5. The molecule has 4 rings (SSSR count). The van der Waals surface area contributed by atoms with Gasteiger partial charge in [-0.2, -0.15) is 0 Å². The number of amides is 1. The first-order valence-electron chi connectivity index (χ1n) is 11.4. The Balaban J connectivity index is 1.38. The largest absolute Gasteiger partial charge is 0.387 e. The summed E-state index contributed by atoms with van der Waals surface area (Å²) in [7, 11) is 0. The SMILES string of the molecule is Cc1cccc(C2(O)CCN(CC(O)c3ccc4c(c3)CCN4C(=O)C(C)C)CC2)c1. The highest BCUT2D eigenvalue weighted by Gasteiger charge is 2.34. The molecule has 2 aliphatic rings. The van der Waals surface area contributed by atoms with Gasteiger partial charge >= 0.3 is 0 Å². The molecule has 1 fully saturated rings. The first-order valence-corrected chi connectivity index (χ1v) is 11.4. The van der Waals surface area contributed by atoms with E-state index in [0.29, 0.717) is 19.4 Å². The summed E-state index contributed by atoms with van der Waals surface area (Å²) in [6.07, 6.45) is 1.59. The minimum absolute atomic E-state index is 0.0197.